The van der Waals surface area contributed by atoms with Crippen LogP contribution in [0.2, 0.25) is 0 Å². The number of aromatic nitrogens is 1. The molecule has 0 fully saturated rings. The molecule has 0 aliphatic rings. The van der Waals surface area contributed by atoms with Gasteiger partial charge in [0.25, 0.3) is 0 Å². The van der Waals surface area contributed by atoms with Crippen LogP contribution in [0.3, 0.4) is 0 Å². The molecule has 0 aliphatic carbocycles. The maximum atomic E-state index is 12.3. The molecule has 102 valence electrons. The Morgan fingerprint density at radius 1 is 1.32 bits per heavy atom. The molecule has 19 heavy (non-hydrogen) atoms. The first-order chi connectivity index (χ1) is 8.95. The van der Waals surface area contributed by atoms with E-state index in [4.69, 9.17) is 4.42 Å². The first-order valence-corrected chi connectivity index (χ1v) is 5.77. The molecule has 1 atom stereocenters. The Labute approximate surface area is 108 Å². The van der Waals surface area contributed by atoms with Crippen molar-refractivity contribution < 1.29 is 17.6 Å². The number of alkyl halides is 3. The van der Waals surface area contributed by atoms with Crippen molar-refractivity contribution >= 4 is 5.69 Å². The van der Waals surface area contributed by atoms with Gasteiger partial charge >= 0.3 is 6.18 Å². The fourth-order valence-electron chi connectivity index (χ4n) is 1.71. The predicted molar refractivity (Wildman–Crippen MR) is 64.7 cm³/mol. The summed E-state index contributed by atoms with van der Waals surface area (Å²) in [6.45, 7) is 1.92. The van der Waals surface area contributed by atoms with E-state index in [-0.39, 0.29) is 6.04 Å². The number of furan rings is 1. The molecule has 0 aromatic carbocycles. The van der Waals surface area contributed by atoms with Gasteiger partial charge in [0.2, 0.25) is 0 Å². The lowest BCUT2D eigenvalue weighted by atomic mass is 10.2. The van der Waals surface area contributed by atoms with Crippen LogP contribution < -0.4 is 5.32 Å². The van der Waals surface area contributed by atoms with E-state index < -0.39 is 11.9 Å². The molecule has 0 saturated heterocycles. The summed E-state index contributed by atoms with van der Waals surface area (Å²) >= 11 is 0. The smallest absolute Gasteiger partial charge is 0.433 e. The van der Waals surface area contributed by atoms with Gasteiger partial charge in [0, 0.05) is 12.5 Å². The topological polar surface area (TPSA) is 38.1 Å². The van der Waals surface area contributed by atoms with Crippen molar-refractivity contribution in [3.05, 3.63) is 48.2 Å². The molecule has 2 heterocycles. The maximum Gasteiger partial charge on any atom is 0.433 e. The molecule has 2 rings (SSSR count). The highest BCUT2D eigenvalue weighted by atomic mass is 19.4. The SMILES string of the molecule is CC(Cc1ccco1)Nc1ccc(C(F)(F)F)nc1. The quantitative estimate of drug-likeness (QED) is 0.919. The van der Waals surface area contributed by atoms with Crippen LogP contribution in [0.5, 0.6) is 0 Å². The maximum absolute atomic E-state index is 12.3. The number of hydrogen-bond acceptors (Lipinski definition) is 3. The number of pyridine rings is 1. The zero-order valence-electron chi connectivity index (χ0n) is 10.2. The third-order valence-electron chi connectivity index (χ3n) is 2.55. The summed E-state index contributed by atoms with van der Waals surface area (Å²) in [6.07, 6.45) is -0.991. The standard InChI is InChI=1S/C13H13F3N2O/c1-9(7-11-3-2-6-19-11)18-10-4-5-12(17-8-10)13(14,15)16/h2-6,8-9,18H,7H2,1H3. The highest BCUT2D eigenvalue weighted by Crippen LogP contribution is 2.27. The van der Waals surface area contributed by atoms with E-state index in [9.17, 15) is 13.2 Å². The summed E-state index contributed by atoms with van der Waals surface area (Å²) in [5.41, 5.74) is -0.344. The van der Waals surface area contributed by atoms with Gasteiger partial charge in [0.1, 0.15) is 11.5 Å². The molecule has 2 aromatic heterocycles. The van der Waals surface area contributed by atoms with Crippen molar-refractivity contribution in [3.8, 4) is 0 Å². The minimum absolute atomic E-state index is 0.0321. The van der Waals surface area contributed by atoms with E-state index in [0.29, 0.717) is 12.1 Å². The minimum atomic E-state index is -4.40. The van der Waals surface area contributed by atoms with Gasteiger partial charge in [-0.05, 0) is 31.2 Å². The zero-order valence-corrected chi connectivity index (χ0v) is 10.2. The van der Waals surface area contributed by atoms with Gasteiger partial charge in [-0.15, -0.1) is 0 Å². The van der Waals surface area contributed by atoms with Crippen LogP contribution in [-0.4, -0.2) is 11.0 Å². The van der Waals surface area contributed by atoms with Crippen LogP contribution in [0.15, 0.2) is 41.1 Å². The monoisotopic (exact) mass is 270 g/mol. The highest BCUT2D eigenvalue weighted by molar-refractivity contribution is 5.42. The van der Waals surface area contributed by atoms with E-state index >= 15 is 0 Å². The van der Waals surface area contributed by atoms with E-state index in [1.807, 2.05) is 13.0 Å². The summed E-state index contributed by atoms with van der Waals surface area (Å²) in [6, 6.07) is 6.01. The second-order valence-electron chi connectivity index (χ2n) is 4.26. The second-order valence-corrected chi connectivity index (χ2v) is 4.26. The Morgan fingerprint density at radius 3 is 2.63 bits per heavy atom. The lowest BCUT2D eigenvalue weighted by Gasteiger charge is -2.14. The normalized spacial score (nSPS) is 13.3. The Balaban J connectivity index is 1.96. The Bertz CT molecular complexity index is 506. The molecule has 0 aliphatic heterocycles. The first-order valence-electron chi connectivity index (χ1n) is 5.77. The van der Waals surface area contributed by atoms with Gasteiger partial charge in [-0.25, -0.2) is 4.98 Å². The summed E-state index contributed by atoms with van der Waals surface area (Å²) in [4.78, 5) is 3.39. The van der Waals surface area contributed by atoms with Crippen molar-refractivity contribution in [2.75, 3.05) is 5.32 Å². The molecule has 0 amide bonds. The average Bonchev–Trinajstić information content (AvgIpc) is 2.81. The molecule has 3 nitrogen and oxygen atoms in total. The number of anilines is 1. The molecular weight excluding hydrogens is 257 g/mol. The van der Waals surface area contributed by atoms with Crippen molar-refractivity contribution in [2.24, 2.45) is 0 Å². The van der Waals surface area contributed by atoms with Crippen LogP contribution >= 0.6 is 0 Å². The molecular formula is C13H13F3N2O. The van der Waals surface area contributed by atoms with Crippen molar-refractivity contribution in [2.45, 2.75) is 25.6 Å². The van der Waals surface area contributed by atoms with E-state index in [2.05, 4.69) is 10.3 Å². The number of nitrogens with zero attached hydrogens (tertiary/aromatic N) is 1. The third-order valence-corrected chi connectivity index (χ3v) is 2.55. The molecule has 2 aromatic rings. The van der Waals surface area contributed by atoms with Crippen molar-refractivity contribution in [3.63, 3.8) is 0 Å². The summed E-state index contributed by atoms with van der Waals surface area (Å²) < 4.78 is 42.2. The van der Waals surface area contributed by atoms with Crippen LogP contribution in [0, 0.1) is 0 Å². The summed E-state index contributed by atoms with van der Waals surface area (Å²) in [5.74, 6) is 0.819. The largest absolute Gasteiger partial charge is 0.469 e. The fourth-order valence-corrected chi connectivity index (χ4v) is 1.71. The number of halogens is 3. The van der Waals surface area contributed by atoms with Crippen LogP contribution in [0.1, 0.15) is 18.4 Å². The number of rotatable bonds is 4. The van der Waals surface area contributed by atoms with E-state index in [1.54, 1.807) is 12.3 Å². The van der Waals surface area contributed by atoms with Gasteiger partial charge in [0.15, 0.2) is 0 Å². The van der Waals surface area contributed by atoms with Crippen LogP contribution in [0.4, 0.5) is 18.9 Å². The lowest BCUT2D eigenvalue weighted by molar-refractivity contribution is -0.141. The minimum Gasteiger partial charge on any atom is -0.469 e. The number of nitrogens with one attached hydrogen (secondary N) is 1. The lowest BCUT2D eigenvalue weighted by Crippen LogP contribution is -2.18. The van der Waals surface area contributed by atoms with Crippen molar-refractivity contribution in [1.29, 1.82) is 0 Å². The molecule has 1 N–H and O–H groups in total. The molecule has 0 spiro atoms. The molecule has 0 saturated carbocycles. The van der Waals surface area contributed by atoms with Gasteiger partial charge in [-0.2, -0.15) is 13.2 Å². The highest BCUT2D eigenvalue weighted by Gasteiger charge is 2.32. The van der Waals surface area contributed by atoms with Gasteiger partial charge in [0.05, 0.1) is 18.1 Å². The van der Waals surface area contributed by atoms with Crippen molar-refractivity contribution in [1.82, 2.24) is 4.98 Å². The zero-order chi connectivity index (χ0) is 13.9. The molecule has 1 unspecified atom stereocenters. The van der Waals surface area contributed by atoms with Gasteiger partial charge in [-0.3, -0.25) is 0 Å². The number of hydrogen-bond donors (Lipinski definition) is 1. The summed E-state index contributed by atoms with van der Waals surface area (Å²) in [5, 5.41) is 3.07. The Morgan fingerprint density at radius 2 is 2.11 bits per heavy atom. The van der Waals surface area contributed by atoms with E-state index in [0.717, 1.165) is 11.8 Å². The fraction of sp³-hybridized carbons (Fsp3) is 0.308. The first kappa shape index (κ1) is 13.5. The van der Waals surface area contributed by atoms with Crippen LogP contribution in [-0.2, 0) is 12.6 Å². The molecule has 0 radical (unpaired) electrons. The van der Waals surface area contributed by atoms with Gasteiger partial charge in [-0.1, -0.05) is 0 Å². The Kier molecular flexibility index (Phi) is 3.78. The predicted octanol–water partition coefficient (Wildman–Crippen LogP) is 3.74. The van der Waals surface area contributed by atoms with Crippen LogP contribution in [0.25, 0.3) is 0 Å². The van der Waals surface area contributed by atoms with Gasteiger partial charge < -0.3 is 9.73 Å². The Hall–Kier alpha value is -1.98. The second kappa shape index (κ2) is 5.34. The van der Waals surface area contributed by atoms with E-state index in [1.165, 1.54) is 12.3 Å². The summed E-state index contributed by atoms with van der Waals surface area (Å²) in [7, 11) is 0. The molecule has 0 bridgehead atoms. The third kappa shape index (κ3) is 3.74. The average molecular weight is 270 g/mol. The molecule has 6 heteroatoms.